The summed E-state index contributed by atoms with van der Waals surface area (Å²) in [7, 11) is 0. The molecule has 0 radical (unpaired) electrons. The fourth-order valence-electron chi connectivity index (χ4n) is 2.09. The van der Waals surface area contributed by atoms with Crippen LogP contribution in [0.5, 0.6) is 34.5 Å². The molecular formula is C17H18NO10+. The SMILES string of the molecule is [NH3+]CC(COC(=O)c1cc(O)c(O)c(O)c1)OC(=O)c1cc(O)c(O)c(O)c1. The number of benzene rings is 2. The van der Waals surface area contributed by atoms with E-state index in [4.69, 9.17) is 9.47 Å². The highest BCUT2D eigenvalue weighted by atomic mass is 16.6. The van der Waals surface area contributed by atoms with E-state index in [2.05, 4.69) is 5.73 Å². The molecule has 2 aromatic carbocycles. The molecule has 0 spiro atoms. The van der Waals surface area contributed by atoms with Crippen LogP contribution in [0, 0.1) is 0 Å². The normalized spacial score (nSPS) is 11.6. The van der Waals surface area contributed by atoms with Gasteiger partial charge in [-0.15, -0.1) is 0 Å². The summed E-state index contributed by atoms with van der Waals surface area (Å²) < 4.78 is 10.0. The fraction of sp³-hybridized carbons (Fsp3) is 0.176. The van der Waals surface area contributed by atoms with Gasteiger partial charge in [0.15, 0.2) is 40.6 Å². The molecule has 0 aliphatic rings. The monoisotopic (exact) mass is 396 g/mol. The molecule has 28 heavy (non-hydrogen) atoms. The Kier molecular flexibility index (Phi) is 6.01. The molecule has 0 aliphatic heterocycles. The van der Waals surface area contributed by atoms with Crippen LogP contribution in [0.3, 0.4) is 0 Å². The predicted octanol–water partition coefficient (Wildman–Crippen LogP) is -0.456. The number of aromatic hydroxyl groups is 6. The van der Waals surface area contributed by atoms with E-state index < -0.39 is 59.1 Å². The minimum atomic E-state index is -0.992. The molecule has 0 aliphatic carbocycles. The van der Waals surface area contributed by atoms with Gasteiger partial charge in [-0.3, -0.25) is 0 Å². The summed E-state index contributed by atoms with van der Waals surface area (Å²) in [6.07, 6.45) is -0.992. The van der Waals surface area contributed by atoms with E-state index >= 15 is 0 Å². The van der Waals surface area contributed by atoms with Crippen LogP contribution in [-0.2, 0) is 9.47 Å². The minimum absolute atomic E-state index is 0.00114. The number of carbonyl (C=O) groups is 2. The number of phenolic OH excluding ortho intramolecular Hbond substituents is 6. The zero-order valence-electron chi connectivity index (χ0n) is 14.3. The molecule has 0 aromatic heterocycles. The van der Waals surface area contributed by atoms with Crippen molar-refractivity contribution in [2.45, 2.75) is 6.10 Å². The summed E-state index contributed by atoms with van der Waals surface area (Å²) in [6, 6.07) is 3.52. The average molecular weight is 396 g/mol. The number of hydrogen-bond acceptors (Lipinski definition) is 10. The van der Waals surface area contributed by atoms with Gasteiger partial charge in [-0.1, -0.05) is 0 Å². The van der Waals surface area contributed by atoms with Gasteiger partial charge in [0, 0.05) is 0 Å². The zero-order valence-corrected chi connectivity index (χ0v) is 14.3. The second kappa shape index (κ2) is 8.22. The van der Waals surface area contributed by atoms with Crippen molar-refractivity contribution < 1.29 is 55.4 Å². The molecule has 9 N–H and O–H groups in total. The lowest BCUT2D eigenvalue weighted by molar-refractivity contribution is -0.384. The standard InChI is InChI=1S/C17H17NO10/c18-5-9(28-17(26)8-3-12(21)15(24)13(22)4-8)6-27-16(25)7-1-10(19)14(23)11(20)2-7/h1-4,9,19-24H,5-6,18H2/p+1. The molecule has 0 bridgehead atoms. The topological polar surface area (TPSA) is 202 Å². The van der Waals surface area contributed by atoms with E-state index in [0.29, 0.717) is 0 Å². The average Bonchev–Trinajstić information content (AvgIpc) is 2.65. The number of carbonyl (C=O) groups excluding carboxylic acids is 2. The quantitative estimate of drug-likeness (QED) is 0.247. The summed E-state index contributed by atoms with van der Waals surface area (Å²) in [6.45, 7) is -0.423. The van der Waals surface area contributed by atoms with E-state index in [1.807, 2.05) is 0 Å². The Morgan fingerprint density at radius 1 is 0.786 bits per heavy atom. The highest BCUT2D eigenvalue weighted by Crippen LogP contribution is 2.36. The first-order valence-corrected chi connectivity index (χ1v) is 7.81. The van der Waals surface area contributed by atoms with E-state index in [1.54, 1.807) is 0 Å². The first-order valence-electron chi connectivity index (χ1n) is 7.81. The molecule has 2 rings (SSSR count). The van der Waals surface area contributed by atoms with Crippen molar-refractivity contribution in [2.24, 2.45) is 0 Å². The lowest BCUT2D eigenvalue weighted by atomic mass is 10.2. The Bertz CT molecular complexity index is 865. The Morgan fingerprint density at radius 3 is 1.57 bits per heavy atom. The van der Waals surface area contributed by atoms with Gasteiger partial charge >= 0.3 is 11.9 Å². The summed E-state index contributed by atoms with van der Waals surface area (Å²) >= 11 is 0. The molecule has 150 valence electrons. The number of hydrogen-bond donors (Lipinski definition) is 7. The highest BCUT2D eigenvalue weighted by Gasteiger charge is 2.22. The first kappa shape index (κ1) is 20.5. The maximum atomic E-state index is 12.1. The molecule has 11 heteroatoms. The van der Waals surface area contributed by atoms with Crippen LogP contribution in [-0.4, -0.2) is 61.8 Å². The molecule has 0 fully saturated rings. The predicted molar refractivity (Wildman–Crippen MR) is 90.1 cm³/mol. The van der Waals surface area contributed by atoms with Crippen molar-refractivity contribution >= 4 is 11.9 Å². The van der Waals surface area contributed by atoms with Crippen molar-refractivity contribution in [3.8, 4) is 34.5 Å². The van der Waals surface area contributed by atoms with Gasteiger partial charge in [0.1, 0.15) is 13.2 Å². The number of rotatable bonds is 6. The van der Waals surface area contributed by atoms with E-state index in [9.17, 15) is 40.2 Å². The Morgan fingerprint density at radius 2 is 1.18 bits per heavy atom. The van der Waals surface area contributed by atoms with Gasteiger partial charge in [-0.05, 0) is 24.3 Å². The van der Waals surface area contributed by atoms with Crippen molar-refractivity contribution in [1.29, 1.82) is 0 Å². The van der Waals surface area contributed by atoms with Crippen molar-refractivity contribution in [2.75, 3.05) is 13.2 Å². The molecular weight excluding hydrogens is 378 g/mol. The first-order chi connectivity index (χ1) is 13.1. The van der Waals surface area contributed by atoms with Crippen LogP contribution in [0.4, 0.5) is 0 Å². The van der Waals surface area contributed by atoms with Crippen LogP contribution >= 0.6 is 0 Å². The number of phenols is 6. The number of ether oxygens (including phenoxy) is 2. The fourth-order valence-corrected chi connectivity index (χ4v) is 2.09. The van der Waals surface area contributed by atoms with Gasteiger partial charge in [0.2, 0.25) is 0 Å². The van der Waals surface area contributed by atoms with Crippen molar-refractivity contribution in [1.82, 2.24) is 0 Å². The van der Waals surface area contributed by atoms with Crippen LogP contribution in [0.15, 0.2) is 24.3 Å². The lowest BCUT2D eigenvalue weighted by Gasteiger charge is -2.15. The smallest absolute Gasteiger partial charge is 0.339 e. The Balaban J connectivity index is 2.02. The van der Waals surface area contributed by atoms with Crippen LogP contribution < -0.4 is 5.73 Å². The number of quaternary nitrogens is 1. The molecule has 0 heterocycles. The second-order valence-electron chi connectivity index (χ2n) is 5.64. The van der Waals surface area contributed by atoms with Crippen molar-refractivity contribution in [3.63, 3.8) is 0 Å². The molecule has 1 atom stereocenters. The molecule has 0 amide bonds. The summed E-state index contributed by atoms with van der Waals surface area (Å²) in [4.78, 5) is 24.1. The third-order valence-electron chi connectivity index (χ3n) is 3.61. The van der Waals surface area contributed by atoms with Gasteiger partial charge in [-0.2, -0.15) is 0 Å². The molecule has 2 aromatic rings. The van der Waals surface area contributed by atoms with Gasteiger partial charge in [-0.25, -0.2) is 9.59 Å². The lowest BCUT2D eigenvalue weighted by Crippen LogP contribution is -2.57. The summed E-state index contributed by atoms with van der Waals surface area (Å²) in [5, 5.41) is 56.2. The molecule has 11 nitrogen and oxygen atoms in total. The number of esters is 2. The maximum absolute atomic E-state index is 12.1. The van der Waals surface area contributed by atoms with E-state index in [-0.39, 0.29) is 17.7 Å². The third-order valence-corrected chi connectivity index (χ3v) is 3.61. The van der Waals surface area contributed by atoms with E-state index in [1.165, 1.54) is 0 Å². The molecule has 0 saturated heterocycles. The summed E-state index contributed by atoms with van der Waals surface area (Å²) in [5.41, 5.74) is 3.04. The highest BCUT2D eigenvalue weighted by molar-refractivity contribution is 5.92. The van der Waals surface area contributed by atoms with Gasteiger partial charge in [0.25, 0.3) is 0 Å². The molecule has 1 unspecified atom stereocenters. The van der Waals surface area contributed by atoms with Crippen LogP contribution in [0.1, 0.15) is 20.7 Å². The largest absolute Gasteiger partial charge is 0.504 e. The van der Waals surface area contributed by atoms with E-state index in [0.717, 1.165) is 24.3 Å². The zero-order chi connectivity index (χ0) is 21.0. The van der Waals surface area contributed by atoms with Crippen LogP contribution in [0.2, 0.25) is 0 Å². The maximum Gasteiger partial charge on any atom is 0.339 e. The Hall–Kier alpha value is -3.86. The third kappa shape index (κ3) is 4.45. The Labute approximate surface area is 157 Å². The van der Waals surface area contributed by atoms with Crippen molar-refractivity contribution in [3.05, 3.63) is 35.4 Å². The van der Waals surface area contributed by atoms with Gasteiger partial charge in [0.05, 0.1) is 11.1 Å². The second-order valence-corrected chi connectivity index (χ2v) is 5.64. The van der Waals surface area contributed by atoms with Gasteiger partial charge < -0.3 is 45.8 Å². The summed E-state index contributed by atoms with van der Waals surface area (Å²) in [5.74, 6) is -6.43. The minimum Gasteiger partial charge on any atom is -0.504 e. The van der Waals surface area contributed by atoms with Crippen LogP contribution in [0.25, 0.3) is 0 Å². The molecule has 0 saturated carbocycles.